The summed E-state index contributed by atoms with van der Waals surface area (Å²) in [4.78, 5) is 0. The van der Waals surface area contributed by atoms with Crippen LogP contribution < -0.4 is 5.32 Å². The van der Waals surface area contributed by atoms with Gasteiger partial charge in [0.05, 0.1) is 4.34 Å². The van der Waals surface area contributed by atoms with Crippen molar-refractivity contribution in [2.45, 2.75) is 43.6 Å². The minimum absolute atomic E-state index is 0.402. The van der Waals surface area contributed by atoms with Gasteiger partial charge in [-0.25, -0.2) is 0 Å². The molecule has 0 radical (unpaired) electrons. The molecule has 0 aliphatic heterocycles. The molecular formula is C11H15Cl2NS. The van der Waals surface area contributed by atoms with Crippen LogP contribution in [-0.4, -0.2) is 11.4 Å². The molecule has 0 spiro atoms. The van der Waals surface area contributed by atoms with Gasteiger partial charge in [-0.1, -0.05) is 11.6 Å². The van der Waals surface area contributed by atoms with Gasteiger partial charge in [0.1, 0.15) is 0 Å². The second kappa shape index (κ2) is 5.53. The maximum atomic E-state index is 6.06. The van der Waals surface area contributed by atoms with Crippen LogP contribution in [0.5, 0.6) is 0 Å². The predicted molar refractivity (Wildman–Crippen MR) is 68.1 cm³/mol. The van der Waals surface area contributed by atoms with Gasteiger partial charge in [-0.2, -0.15) is 0 Å². The van der Waals surface area contributed by atoms with E-state index in [0.717, 1.165) is 23.7 Å². The average molecular weight is 264 g/mol. The third kappa shape index (κ3) is 3.63. The molecule has 1 aromatic rings. The fourth-order valence-electron chi connectivity index (χ4n) is 1.96. The summed E-state index contributed by atoms with van der Waals surface area (Å²) in [5.41, 5.74) is 1.29. The Morgan fingerprint density at radius 1 is 1.33 bits per heavy atom. The van der Waals surface area contributed by atoms with Gasteiger partial charge in [-0.3, -0.25) is 0 Å². The molecule has 0 atom stereocenters. The Kier molecular flexibility index (Phi) is 4.32. The first-order valence-corrected chi connectivity index (χ1v) is 7.04. The van der Waals surface area contributed by atoms with Crippen LogP contribution in [0.15, 0.2) is 11.4 Å². The Morgan fingerprint density at radius 2 is 2.07 bits per heavy atom. The predicted octanol–water partition coefficient (Wildman–Crippen LogP) is 4.04. The highest BCUT2D eigenvalue weighted by atomic mass is 35.5. The SMILES string of the molecule is Clc1cc(CNC2CCC(Cl)CC2)cs1. The monoisotopic (exact) mass is 263 g/mol. The molecule has 2 rings (SSSR count). The van der Waals surface area contributed by atoms with E-state index in [1.54, 1.807) is 11.3 Å². The number of halogens is 2. The van der Waals surface area contributed by atoms with E-state index >= 15 is 0 Å². The minimum Gasteiger partial charge on any atom is -0.310 e. The summed E-state index contributed by atoms with van der Waals surface area (Å²) >= 11 is 13.5. The molecule has 0 aromatic carbocycles. The average Bonchev–Trinajstić information content (AvgIpc) is 2.64. The molecule has 1 aromatic heterocycles. The Bertz CT molecular complexity index is 305. The number of rotatable bonds is 3. The molecular weight excluding hydrogens is 249 g/mol. The minimum atomic E-state index is 0.402. The van der Waals surface area contributed by atoms with Gasteiger partial charge in [-0.05, 0) is 42.7 Å². The highest BCUT2D eigenvalue weighted by Crippen LogP contribution is 2.24. The Morgan fingerprint density at radius 3 is 2.67 bits per heavy atom. The molecule has 84 valence electrons. The molecule has 15 heavy (non-hydrogen) atoms. The van der Waals surface area contributed by atoms with Crippen molar-refractivity contribution >= 4 is 34.5 Å². The third-order valence-electron chi connectivity index (χ3n) is 2.87. The number of nitrogens with one attached hydrogen (secondary N) is 1. The van der Waals surface area contributed by atoms with Crippen LogP contribution in [0.3, 0.4) is 0 Å². The molecule has 1 aliphatic rings. The first-order valence-electron chi connectivity index (χ1n) is 5.34. The molecule has 0 saturated heterocycles. The van der Waals surface area contributed by atoms with Crippen molar-refractivity contribution < 1.29 is 0 Å². The van der Waals surface area contributed by atoms with Crippen molar-refractivity contribution in [3.63, 3.8) is 0 Å². The fourth-order valence-corrected chi connectivity index (χ4v) is 3.12. The van der Waals surface area contributed by atoms with E-state index in [4.69, 9.17) is 23.2 Å². The summed E-state index contributed by atoms with van der Waals surface area (Å²) < 4.78 is 0.872. The lowest BCUT2D eigenvalue weighted by atomic mass is 9.95. The second-order valence-corrected chi connectivity index (χ2v) is 6.25. The van der Waals surface area contributed by atoms with Crippen molar-refractivity contribution in [3.8, 4) is 0 Å². The largest absolute Gasteiger partial charge is 0.310 e. The van der Waals surface area contributed by atoms with Gasteiger partial charge in [0.15, 0.2) is 0 Å². The molecule has 0 amide bonds. The van der Waals surface area contributed by atoms with Crippen molar-refractivity contribution in [2.24, 2.45) is 0 Å². The van der Waals surface area contributed by atoms with Crippen LogP contribution >= 0.6 is 34.5 Å². The van der Waals surface area contributed by atoms with Crippen molar-refractivity contribution in [3.05, 3.63) is 21.3 Å². The summed E-state index contributed by atoms with van der Waals surface area (Å²) in [6.07, 6.45) is 4.69. The van der Waals surface area contributed by atoms with Crippen LogP contribution in [-0.2, 0) is 6.54 Å². The molecule has 1 saturated carbocycles. The number of hydrogen-bond acceptors (Lipinski definition) is 2. The number of thiophene rings is 1. The number of alkyl halides is 1. The van der Waals surface area contributed by atoms with Crippen molar-refractivity contribution in [1.29, 1.82) is 0 Å². The van der Waals surface area contributed by atoms with E-state index in [0.29, 0.717) is 11.4 Å². The maximum Gasteiger partial charge on any atom is 0.0931 e. The van der Waals surface area contributed by atoms with Gasteiger partial charge in [0.2, 0.25) is 0 Å². The van der Waals surface area contributed by atoms with Gasteiger partial charge in [0.25, 0.3) is 0 Å². The zero-order chi connectivity index (χ0) is 10.7. The third-order valence-corrected chi connectivity index (χ3v) is 4.45. The van der Waals surface area contributed by atoms with Crippen LogP contribution in [0.25, 0.3) is 0 Å². The van der Waals surface area contributed by atoms with E-state index in [1.165, 1.54) is 18.4 Å². The summed E-state index contributed by atoms with van der Waals surface area (Å²) in [6.45, 7) is 0.931. The Labute approximate surface area is 105 Å². The second-order valence-electron chi connectivity index (χ2n) is 4.09. The highest BCUT2D eigenvalue weighted by molar-refractivity contribution is 7.14. The molecule has 1 aliphatic carbocycles. The zero-order valence-corrected chi connectivity index (χ0v) is 10.8. The van der Waals surface area contributed by atoms with E-state index in [2.05, 4.69) is 10.7 Å². The zero-order valence-electron chi connectivity index (χ0n) is 8.51. The smallest absolute Gasteiger partial charge is 0.0931 e. The molecule has 1 N–H and O–H groups in total. The summed E-state index contributed by atoms with van der Waals surface area (Å²) in [7, 11) is 0. The molecule has 1 nitrogen and oxygen atoms in total. The van der Waals surface area contributed by atoms with Gasteiger partial charge >= 0.3 is 0 Å². The quantitative estimate of drug-likeness (QED) is 0.812. The first-order chi connectivity index (χ1) is 7.24. The molecule has 0 bridgehead atoms. The molecule has 4 heteroatoms. The fraction of sp³-hybridized carbons (Fsp3) is 0.636. The van der Waals surface area contributed by atoms with Crippen LogP contribution in [0.4, 0.5) is 0 Å². The van der Waals surface area contributed by atoms with Crippen LogP contribution in [0.1, 0.15) is 31.2 Å². The van der Waals surface area contributed by atoms with E-state index in [1.807, 2.05) is 6.07 Å². The summed E-state index contributed by atoms with van der Waals surface area (Å²) in [5.74, 6) is 0. The first kappa shape index (κ1) is 11.7. The normalized spacial score (nSPS) is 26.8. The standard InChI is InChI=1S/C11H15Cl2NS/c12-9-1-3-10(4-2-9)14-6-8-5-11(13)15-7-8/h5,7,9-10,14H,1-4,6H2. The van der Waals surface area contributed by atoms with Crippen molar-refractivity contribution in [1.82, 2.24) is 5.32 Å². The molecule has 1 heterocycles. The lowest BCUT2D eigenvalue weighted by Gasteiger charge is -2.25. The summed E-state index contributed by atoms with van der Waals surface area (Å²) in [6, 6.07) is 2.67. The van der Waals surface area contributed by atoms with E-state index in [-0.39, 0.29) is 0 Å². The van der Waals surface area contributed by atoms with E-state index in [9.17, 15) is 0 Å². The molecule has 0 unspecified atom stereocenters. The van der Waals surface area contributed by atoms with E-state index < -0.39 is 0 Å². The Hall–Kier alpha value is 0.240. The van der Waals surface area contributed by atoms with Gasteiger partial charge in [-0.15, -0.1) is 22.9 Å². The van der Waals surface area contributed by atoms with Gasteiger partial charge < -0.3 is 5.32 Å². The van der Waals surface area contributed by atoms with Crippen molar-refractivity contribution in [2.75, 3.05) is 0 Å². The summed E-state index contributed by atoms with van der Waals surface area (Å²) in [5, 5.41) is 6.08. The molecule has 1 fully saturated rings. The number of hydrogen-bond donors (Lipinski definition) is 1. The lowest BCUT2D eigenvalue weighted by molar-refractivity contribution is 0.376. The van der Waals surface area contributed by atoms with Crippen LogP contribution in [0.2, 0.25) is 4.34 Å². The Balaban J connectivity index is 1.74. The maximum absolute atomic E-state index is 6.06. The van der Waals surface area contributed by atoms with Crippen LogP contribution in [0, 0.1) is 0 Å². The van der Waals surface area contributed by atoms with Gasteiger partial charge in [0, 0.05) is 18.0 Å². The topological polar surface area (TPSA) is 12.0 Å². The lowest BCUT2D eigenvalue weighted by Crippen LogP contribution is -2.32. The highest BCUT2D eigenvalue weighted by Gasteiger charge is 2.18.